The molecule has 0 aromatic heterocycles. The lowest BCUT2D eigenvalue weighted by Crippen LogP contribution is -2.31. The number of thiocarbonyl (C=S) groups is 1. The Bertz CT molecular complexity index is 566. The number of benzene rings is 1. The summed E-state index contributed by atoms with van der Waals surface area (Å²) in [7, 11) is -3.55. The van der Waals surface area contributed by atoms with Gasteiger partial charge in [0.1, 0.15) is 4.99 Å². The molecule has 1 aromatic carbocycles. The van der Waals surface area contributed by atoms with Crippen molar-refractivity contribution in [2.45, 2.75) is 23.0 Å². The molecule has 0 aliphatic carbocycles. The molecule has 0 amide bonds. The second kappa shape index (κ2) is 6.21. The molecule has 1 aromatic rings. The molecular formula is C12H16N2O2S3. The normalized spacial score (nSPS) is 19.5. The molecule has 1 fully saturated rings. The first-order valence-corrected chi connectivity index (χ1v) is 8.95. The summed E-state index contributed by atoms with van der Waals surface area (Å²) in [5.41, 5.74) is 5.96. The van der Waals surface area contributed by atoms with Crippen LogP contribution >= 0.6 is 24.0 Å². The van der Waals surface area contributed by atoms with Crippen molar-refractivity contribution >= 4 is 39.0 Å². The summed E-state index contributed by atoms with van der Waals surface area (Å²) in [4.78, 5) is 0.252. The zero-order valence-corrected chi connectivity index (χ0v) is 12.8. The van der Waals surface area contributed by atoms with Crippen molar-refractivity contribution in [2.75, 3.05) is 12.3 Å². The third-order valence-corrected chi connectivity index (χ3v) is 6.07. The van der Waals surface area contributed by atoms with Crippen molar-refractivity contribution in [1.82, 2.24) is 4.72 Å². The van der Waals surface area contributed by atoms with Crippen LogP contribution in [0.5, 0.6) is 0 Å². The van der Waals surface area contributed by atoms with Gasteiger partial charge in [0.2, 0.25) is 10.0 Å². The first kappa shape index (κ1) is 14.8. The highest BCUT2D eigenvalue weighted by molar-refractivity contribution is 8.00. The van der Waals surface area contributed by atoms with Crippen molar-refractivity contribution in [3.63, 3.8) is 0 Å². The minimum Gasteiger partial charge on any atom is -0.389 e. The number of rotatable bonds is 5. The Labute approximate surface area is 123 Å². The van der Waals surface area contributed by atoms with Gasteiger partial charge >= 0.3 is 0 Å². The van der Waals surface area contributed by atoms with E-state index in [2.05, 4.69) is 4.72 Å². The Kier molecular flexibility index (Phi) is 4.83. The maximum atomic E-state index is 12.3. The second-order valence-corrected chi connectivity index (χ2v) is 7.93. The van der Waals surface area contributed by atoms with Gasteiger partial charge in [-0.1, -0.05) is 30.4 Å². The molecule has 4 nitrogen and oxygen atoms in total. The van der Waals surface area contributed by atoms with E-state index in [4.69, 9.17) is 18.0 Å². The molecule has 0 radical (unpaired) electrons. The highest BCUT2D eigenvalue weighted by Gasteiger charge is 2.22. The SMILES string of the molecule is NC(=S)c1ccccc1S(=O)(=O)NCC1CCCS1. The fraction of sp³-hybridized carbons (Fsp3) is 0.417. The van der Waals surface area contributed by atoms with Gasteiger partial charge in [-0.05, 0) is 24.7 Å². The number of thioether (sulfide) groups is 1. The van der Waals surface area contributed by atoms with Crippen molar-refractivity contribution in [3.8, 4) is 0 Å². The monoisotopic (exact) mass is 316 g/mol. The molecule has 1 unspecified atom stereocenters. The van der Waals surface area contributed by atoms with E-state index < -0.39 is 10.0 Å². The highest BCUT2D eigenvalue weighted by Crippen LogP contribution is 2.26. The Hall–Kier alpha value is -0.630. The summed E-state index contributed by atoms with van der Waals surface area (Å²) < 4.78 is 27.2. The average molecular weight is 316 g/mol. The summed E-state index contributed by atoms with van der Waals surface area (Å²) in [5, 5.41) is 0.367. The van der Waals surface area contributed by atoms with Crippen molar-refractivity contribution in [1.29, 1.82) is 0 Å². The summed E-state index contributed by atoms with van der Waals surface area (Å²) in [6.45, 7) is 0.457. The quantitative estimate of drug-likeness (QED) is 0.805. The van der Waals surface area contributed by atoms with Gasteiger partial charge in [0, 0.05) is 17.4 Å². The number of hydrogen-bond acceptors (Lipinski definition) is 4. The lowest BCUT2D eigenvalue weighted by atomic mass is 10.2. The van der Waals surface area contributed by atoms with Crippen LogP contribution in [0, 0.1) is 0 Å². The average Bonchev–Trinajstić information content (AvgIpc) is 2.89. The smallest absolute Gasteiger partial charge is 0.241 e. The summed E-state index contributed by atoms with van der Waals surface area (Å²) in [6.07, 6.45) is 2.21. The van der Waals surface area contributed by atoms with Crippen LogP contribution in [0.15, 0.2) is 29.2 Å². The zero-order valence-electron chi connectivity index (χ0n) is 10.3. The third kappa shape index (κ3) is 3.68. The van der Waals surface area contributed by atoms with Crippen LogP contribution in [0.25, 0.3) is 0 Å². The zero-order chi connectivity index (χ0) is 13.9. The fourth-order valence-electron chi connectivity index (χ4n) is 1.99. The largest absolute Gasteiger partial charge is 0.389 e. The molecule has 19 heavy (non-hydrogen) atoms. The van der Waals surface area contributed by atoms with Crippen LogP contribution < -0.4 is 10.5 Å². The van der Waals surface area contributed by atoms with Gasteiger partial charge in [-0.3, -0.25) is 0 Å². The molecule has 3 N–H and O–H groups in total. The summed E-state index contributed by atoms with van der Waals surface area (Å²) >= 11 is 6.70. The second-order valence-electron chi connectivity index (χ2n) is 4.35. The molecule has 1 aliphatic rings. The van der Waals surface area contributed by atoms with E-state index in [-0.39, 0.29) is 9.88 Å². The highest BCUT2D eigenvalue weighted by atomic mass is 32.2. The van der Waals surface area contributed by atoms with Gasteiger partial charge in [0.05, 0.1) is 4.90 Å². The summed E-state index contributed by atoms with van der Waals surface area (Å²) in [5.74, 6) is 1.11. The molecule has 1 atom stereocenters. The van der Waals surface area contributed by atoms with Crippen LogP contribution in [0.4, 0.5) is 0 Å². The standard InChI is InChI=1S/C12H16N2O2S3/c13-12(17)10-5-1-2-6-11(10)19(15,16)14-8-9-4-3-7-18-9/h1-2,5-6,9,14H,3-4,7-8H2,(H2,13,17). The first-order chi connectivity index (χ1) is 9.00. The van der Waals surface area contributed by atoms with Crippen LogP contribution in [-0.4, -0.2) is 31.0 Å². The Morgan fingerprint density at radius 1 is 1.47 bits per heavy atom. The molecule has 1 heterocycles. The van der Waals surface area contributed by atoms with E-state index >= 15 is 0 Å². The van der Waals surface area contributed by atoms with E-state index in [1.165, 1.54) is 6.07 Å². The number of nitrogens with two attached hydrogens (primary N) is 1. The number of hydrogen-bond donors (Lipinski definition) is 2. The lowest BCUT2D eigenvalue weighted by molar-refractivity contribution is 0.579. The maximum absolute atomic E-state index is 12.3. The van der Waals surface area contributed by atoms with Crippen molar-refractivity contribution in [3.05, 3.63) is 29.8 Å². The first-order valence-electron chi connectivity index (χ1n) is 6.01. The van der Waals surface area contributed by atoms with E-state index in [0.717, 1.165) is 18.6 Å². The molecule has 2 rings (SSSR count). The van der Waals surface area contributed by atoms with Gasteiger partial charge in [0.15, 0.2) is 0 Å². The number of nitrogens with one attached hydrogen (secondary N) is 1. The molecular weight excluding hydrogens is 300 g/mol. The molecule has 0 saturated carbocycles. The minimum absolute atomic E-state index is 0.0937. The van der Waals surface area contributed by atoms with E-state index in [1.54, 1.807) is 18.2 Å². The topological polar surface area (TPSA) is 72.2 Å². The van der Waals surface area contributed by atoms with E-state index in [0.29, 0.717) is 17.4 Å². The van der Waals surface area contributed by atoms with Crippen LogP contribution in [0.2, 0.25) is 0 Å². The Morgan fingerprint density at radius 2 is 2.21 bits per heavy atom. The van der Waals surface area contributed by atoms with Crippen LogP contribution in [-0.2, 0) is 10.0 Å². The van der Waals surface area contributed by atoms with Gasteiger partial charge in [-0.25, -0.2) is 13.1 Å². The Balaban J connectivity index is 2.17. The van der Waals surface area contributed by atoms with E-state index in [1.807, 2.05) is 11.8 Å². The predicted molar refractivity (Wildman–Crippen MR) is 83.0 cm³/mol. The summed E-state index contributed by atoms with van der Waals surface area (Å²) in [6, 6.07) is 6.54. The number of sulfonamides is 1. The van der Waals surface area contributed by atoms with Crippen molar-refractivity contribution in [2.24, 2.45) is 5.73 Å². The lowest BCUT2D eigenvalue weighted by Gasteiger charge is -2.13. The van der Waals surface area contributed by atoms with Crippen molar-refractivity contribution < 1.29 is 8.42 Å². The molecule has 1 saturated heterocycles. The fourth-order valence-corrected chi connectivity index (χ4v) is 4.84. The molecule has 0 bridgehead atoms. The van der Waals surface area contributed by atoms with Gasteiger partial charge in [-0.15, -0.1) is 0 Å². The molecule has 7 heteroatoms. The maximum Gasteiger partial charge on any atom is 0.241 e. The van der Waals surface area contributed by atoms with Crippen LogP contribution in [0.1, 0.15) is 18.4 Å². The van der Waals surface area contributed by atoms with Gasteiger partial charge in [0.25, 0.3) is 0 Å². The van der Waals surface area contributed by atoms with Crippen LogP contribution in [0.3, 0.4) is 0 Å². The van der Waals surface area contributed by atoms with E-state index in [9.17, 15) is 8.42 Å². The van der Waals surface area contributed by atoms with Gasteiger partial charge < -0.3 is 5.73 Å². The third-order valence-electron chi connectivity index (χ3n) is 2.97. The Morgan fingerprint density at radius 3 is 2.84 bits per heavy atom. The predicted octanol–water partition coefficient (Wildman–Crippen LogP) is 1.49. The molecule has 0 spiro atoms. The molecule has 1 aliphatic heterocycles. The molecule has 104 valence electrons. The minimum atomic E-state index is -3.55. The van der Waals surface area contributed by atoms with Gasteiger partial charge in [-0.2, -0.15) is 11.8 Å².